The van der Waals surface area contributed by atoms with E-state index in [1.807, 2.05) is 19.1 Å². The number of hydrogen-bond acceptors (Lipinski definition) is 3. The molecule has 100 valence electrons. The van der Waals surface area contributed by atoms with Crippen molar-refractivity contribution in [3.05, 3.63) is 60.2 Å². The molecule has 0 amide bonds. The van der Waals surface area contributed by atoms with Crippen molar-refractivity contribution in [2.45, 2.75) is 6.92 Å². The summed E-state index contributed by atoms with van der Waals surface area (Å²) in [7, 11) is 0. The number of pyridine rings is 1. The number of benzene rings is 1. The number of halogens is 1. The van der Waals surface area contributed by atoms with Gasteiger partial charge >= 0.3 is 0 Å². The summed E-state index contributed by atoms with van der Waals surface area (Å²) in [6.45, 7) is 2.01. The van der Waals surface area contributed by atoms with E-state index >= 15 is 0 Å². The first-order valence-electron chi connectivity index (χ1n) is 6.22. The highest BCUT2D eigenvalue weighted by Gasteiger charge is 2.16. The predicted molar refractivity (Wildman–Crippen MR) is 82.1 cm³/mol. The maximum absolute atomic E-state index is 13.1. The molecule has 0 aliphatic rings. The largest absolute Gasteiger partial charge is 0.390 e. The lowest BCUT2D eigenvalue weighted by atomic mass is 10.00. The Bertz CT molecular complexity index is 733. The van der Waals surface area contributed by atoms with Gasteiger partial charge in [0.1, 0.15) is 5.82 Å². The second-order valence-corrected chi connectivity index (χ2v) is 5.59. The van der Waals surface area contributed by atoms with Gasteiger partial charge in [-0.15, -0.1) is 11.3 Å². The molecule has 0 spiro atoms. The molecule has 2 N–H and O–H groups in total. The van der Waals surface area contributed by atoms with E-state index in [0.717, 1.165) is 32.1 Å². The summed E-state index contributed by atoms with van der Waals surface area (Å²) in [5, 5.41) is 0.788. The number of nitrogens with zero attached hydrogens (tertiary/aromatic N) is 1. The van der Waals surface area contributed by atoms with Crippen LogP contribution in [0, 0.1) is 12.7 Å². The molecule has 0 bridgehead atoms. The van der Waals surface area contributed by atoms with Crippen LogP contribution in [0.2, 0.25) is 0 Å². The number of anilines is 1. The average molecular weight is 284 g/mol. The molecular weight excluding hydrogens is 271 g/mol. The number of rotatable bonds is 2. The van der Waals surface area contributed by atoms with Crippen molar-refractivity contribution in [1.82, 2.24) is 4.98 Å². The maximum Gasteiger partial charge on any atom is 0.123 e. The molecule has 20 heavy (non-hydrogen) atoms. The molecular formula is C16H13FN2S. The van der Waals surface area contributed by atoms with Gasteiger partial charge in [0.05, 0.1) is 5.00 Å². The van der Waals surface area contributed by atoms with Gasteiger partial charge < -0.3 is 5.73 Å². The van der Waals surface area contributed by atoms with E-state index in [-0.39, 0.29) is 5.82 Å². The molecule has 2 heterocycles. The van der Waals surface area contributed by atoms with E-state index in [1.165, 1.54) is 23.5 Å². The lowest BCUT2D eigenvalue weighted by molar-refractivity contribution is 0.628. The number of aromatic nitrogens is 1. The molecule has 2 nitrogen and oxygen atoms in total. The third kappa shape index (κ3) is 2.18. The fourth-order valence-corrected chi connectivity index (χ4v) is 3.30. The van der Waals surface area contributed by atoms with Gasteiger partial charge in [0, 0.05) is 22.8 Å². The summed E-state index contributed by atoms with van der Waals surface area (Å²) >= 11 is 1.53. The summed E-state index contributed by atoms with van der Waals surface area (Å²) in [5.74, 6) is -0.236. The van der Waals surface area contributed by atoms with Gasteiger partial charge in [0.25, 0.3) is 0 Å². The van der Waals surface area contributed by atoms with Gasteiger partial charge in [-0.05, 0) is 47.9 Å². The van der Waals surface area contributed by atoms with Crippen LogP contribution in [0.3, 0.4) is 0 Å². The summed E-state index contributed by atoms with van der Waals surface area (Å²) < 4.78 is 13.1. The molecule has 1 aromatic carbocycles. The number of thiophene rings is 1. The molecule has 0 fully saturated rings. The first kappa shape index (κ1) is 12.8. The van der Waals surface area contributed by atoms with Crippen LogP contribution in [0.25, 0.3) is 21.6 Å². The third-order valence-corrected chi connectivity index (χ3v) is 4.43. The van der Waals surface area contributed by atoms with Crippen molar-refractivity contribution in [2.24, 2.45) is 0 Å². The van der Waals surface area contributed by atoms with E-state index < -0.39 is 0 Å². The quantitative estimate of drug-likeness (QED) is 0.752. The zero-order chi connectivity index (χ0) is 14.1. The SMILES string of the molecule is Cc1c(N)sc(-c2ccc(F)cc2)c1-c1ccncc1. The standard InChI is InChI=1S/C16H13FN2S/c1-10-14(11-6-8-19-9-7-11)15(20-16(10)18)12-2-4-13(17)5-3-12/h2-9H,18H2,1H3. The van der Waals surface area contributed by atoms with Crippen LogP contribution in [0.1, 0.15) is 5.56 Å². The molecule has 0 saturated heterocycles. The summed E-state index contributed by atoms with van der Waals surface area (Å²) in [6.07, 6.45) is 3.52. The Kier molecular flexibility index (Phi) is 3.24. The highest BCUT2D eigenvalue weighted by molar-refractivity contribution is 7.20. The first-order valence-corrected chi connectivity index (χ1v) is 7.03. The Balaban J connectivity index is 2.22. The monoisotopic (exact) mass is 284 g/mol. The smallest absolute Gasteiger partial charge is 0.123 e. The molecule has 3 aromatic rings. The first-order chi connectivity index (χ1) is 9.66. The van der Waals surface area contributed by atoms with Crippen molar-refractivity contribution in [2.75, 3.05) is 5.73 Å². The van der Waals surface area contributed by atoms with E-state index in [9.17, 15) is 4.39 Å². The minimum absolute atomic E-state index is 0.236. The molecule has 2 aromatic heterocycles. The van der Waals surface area contributed by atoms with Gasteiger partial charge in [0.2, 0.25) is 0 Å². The maximum atomic E-state index is 13.1. The van der Waals surface area contributed by atoms with Crippen LogP contribution in [0.15, 0.2) is 48.8 Å². The minimum atomic E-state index is -0.236. The highest BCUT2D eigenvalue weighted by Crippen LogP contribution is 2.44. The van der Waals surface area contributed by atoms with Gasteiger partial charge in [-0.1, -0.05) is 12.1 Å². The van der Waals surface area contributed by atoms with Crippen molar-refractivity contribution in [3.8, 4) is 21.6 Å². The number of nitrogen functional groups attached to an aromatic ring is 1. The fourth-order valence-electron chi connectivity index (χ4n) is 2.20. The van der Waals surface area contributed by atoms with E-state index in [4.69, 9.17) is 5.73 Å². The Morgan fingerprint density at radius 1 is 1.00 bits per heavy atom. The van der Waals surface area contributed by atoms with Gasteiger partial charge in [0.15, 0.2) is 0 Å². The zero-order valence-electron chi connectivity index (χ0n) is 10.9. The van der Waals surface area contributed by atoms with Crippen LogP contribution in [0.5, 0.6) is 0 Å². The second-order valence-electron chi connectivity index (χ2n) is 4.54. The molecule has 0 aliphatic carbocycles. The predicted octanol–water partition coefficient (Wildman–Crippen LogP) is 4.51. The Labute approximate surface area is 120 Å². The minimum Gasteiger partial charge on any atom is -0.390 e. The highest BCUT2D eigenvalue weighted by atomic mass is 32.1. The number of hydrogen-bond donors (Lipinski definition) is 1. The Morgan fingerprint density at radius 3 is 2.30 bits per heavy atom. The lowest BCUT2D eigenvalue weighted by Gasteiger charge is -2.06. The van der Waals surface area contributed by atoms with Crippen LogP contribution in [-0.4, -0.2) is 4.98 Å². The molecule has 0 radical (unpaired) electrons. The van der Waals surface area contributed by atoms with Gasteiger partial charge in [-0.3, -0.25) is 4.98 Å². The Morgan fingerprint density at radius 2 is 1.65 bits per heavy atom. The third-order valence-electron chi connectivity index (χ3n) is 3.26. The zero-order valence-corrected chi connectivity index (χ0v) is 11.7. The lowest BCUT2D eigenvalue weighted by Crippen LogP contribution is -1.85. The Hall–Kier alpha value is -2.20. The topological polar surface area (TPSA) is 38.9 Å². The van der Waals surface area contributed by atoms with Crippen LogP contribution >= 0.6 is 11.3 Å². The van der Waals surface area contributed by atoms with Crippen LogP contribution in [-0.2, 0) is 0 Å². The second kappa shape index (κ2) is 5.06. The molecule has 3 rings (SSSR count). The van der Waals surface area contributed by atoms with Crippen LogP contribution in [0.4, 0.5) is 9.39 Å². The van der Waals surface area contributed by atoms with Gasteiger partial charge in [-0.2, -0.15) is 0 Å². The van der Waals surface area contributed by atoms with Gasteiger partial charge in [-0.25, -0.2) is 4.39 Å². The summed E-state index contributed by atoms with van der Waals surface area (Å²) in [6, 6.07) is 10.4. The van der Waals surface area contributed by atoms with E-state index in [0.29, 0.717) is 0 Å². The summed E-state index contributed by atoms with van der Waals surface area (Å²) in [4.78, 5) is 5.11. The molecule has 0 saturated carbocycles. The normalized spacial score (nSPS) is 10.7. The van der Waals surface area contributed by atoms with Crippen molar-refractivity contribution < 1.29 is 4.39 Å². The fraction of sp³-hybridized carbons (Fsp3) is 0.0625. The van der Waals surface area contributed by atoms with Crippen molar-refractivity contribution in [3.63, 3.8) is 0 Å². The van der Waals surface area contributed by atoms with Crippen LogP contribution < -0.4 is 5.73 Å². The molecule has 4 heteroatoms. The summed E-state index contributed by atoms with van der Waals surface area (Å²) in [5.41, 5.74) is 10.3. The van der Waals surface area contributed by atoms with Crippen molar-refractivity contribution >= 4 is 16.3 Å². The van der Waals surface area contributed by atoms with E-state index in [1.54, 1.807) is 24.5 Å². The number of nitrogens with two attached hydrogens (primary N) is 1. The van der Waals surface area contributed by atoms with Crippen molar-refractivity contribution in [1.29, 1.82) is 0 Å². The van der Waals surface area contributed by atoms with E-state index in [2.05, 4.69) is 4.98 Å². The molecule has 0 aliphatic heterocycles. The molecule has 0 unspecified atom stereocenters. The average Bonchev–Trinajstić information content (AvgIpc) is 2.77. The molecule has 0 atom stereocenters.